The topological polar surface area (TPSA) is 65.7 Å². The van der Waals surface area contributed by atoms with Gasteiger partial charge in [-0.15, -0.1) is 0 Å². The van der Waals surface area contributed by atoms with Gasteiger partial charge in [0.1, 0.15) is 11.3 Å². The van der Waals surface area contributed by atoms with E-state index in [-0.39, 0.29) is 5.63 Å². The lowest BCUT2D eigenvalue weighted by molar-refractivity contribution is -0.152. The van der Waals surface area contributed by atoms with Gasteiger partial charge in [0.25, 0.3) is 0 Å². The third-order valence-electron chi connectivity index (χ3n) is 4.80. The van der Waals surface area contributed by atoms with Gasteiger partial charge < -0.3 is 13.9 Å². The fourth-order valence-electron chi connectivity index (χ4n) is 3.05. The summed E-state index contributed by atoms with van der Waals surface area (Å²) in [5.74, 6) is 0.422. The number of rotatable bonds is 6. The third kappa shape index (κ3) is 3.70. The molecule has 5 heteroatoms. The standard InChI is InChI=1S/C20H24O5/c1-4-12(2)11-23-19(21)13(3)24-14-8-9-16-15-6-5-7-17(15)20(22)25-18(16)10-14/h8-10,12-13H,4-7,11H2,1-3H3. The predicted molar refractivity (Wildman–Crippen MR) is 95.0 cm³/mol. The van der Waals surface area contributed by atoms with Gasteiger partial charge in [0, 0.05) is 17.0 Å². The molecule has 134 valence electrons. The number of ether oxygens (including phenoxy) is 2. The van der Waals surface area contributed by atoms with Crippen LogP contribution in [0.15, 0.2) is 27.4 Å². The Kier molecular flexibility index (Phi) is 5.11. The fraction of sp³-hybridized carbons (Fsp3) is 0.500. The molecule has 0 fully saturated rings. The molecule has 25 heavy (non-hydrogen) atoms. The van der Waals surface area contributed by atoms with Gasteiger partial charge in [0.2, 0.25) is 0 Å². The molecule has 0 spiro atoms. The Bertz CT molecular complexity index is 836. The molecule has 1 heterocycles. The van der Waals surface area contributed by atoms with E-state index < -0.39 is 12.1 Å². The molecule has 0 aliphatic heterocycles. The maximum Gasteiger partial charge on any atom is 0.347 e. The summed E-state index contributed by atoms with van der Waals surface area (Å²) >= 11 is 0. The minimum absolute atomic E-state index is 0.266. The molecule has 2 atom stereocenters. The Morgan fingerprint density at radius 1 is 1.24 bits per heavy atom. The van der Waals surface area contributed by atoms with E-state index in [9.17, 15) is 9.59 Å². The molecule has 0 bridgehead atoms. The zero-order valence-electron chi connectivity index (χ0n) is 15.0. The molecule has 1 aliphatic rings. The van der Waals surface area contributed by atoms with Crippen LogP contribution in [-0.4, -0.2) is 18.7 Å². The van der Waals surface area contributed by atoms with Crippen molar-refractivity contribution in [3.63, 3.8) is 0 Å². The Morgan fingerprint density at radius 3 is 2.76 bits per heavy atom. The number of esters is 1. The van der Waals surface area contributed by atoms with Crippen LogP contribution in [0.2, 0.25) is 0 Å². The average molecular weight is 344 g/mol. The first-order valence-electron chi connectivity index (χ1n) is 8.91. The number of aryl methyl sites for hydroxylation is 1. The minimum atomic E-state index is -0.720. The van der Waals surface area contributed by atoms with Crippen LogP contribution in [0, 0.1) is 5.92 Å². The summed E-state index contributed by atoms with van der Waals surface area (Å²) in [6.07, 6.45) is 2.90. The Hall–Kier alpha value is -2.30. The van der Waals surface area contributed by atoms with E-state index in [0.29, 0.717) is 23.9 Å². The van der Waals surface area contributed by atoms with Crippen LogP contribution in [0.4, 0.5) is 0 Å². The molecule has 1 aromatic heterocycles. The van der Waals surface area contributed by atoms with E-state index in [1.165, 1.54) is 0 Å². The quantitative estimate of drug-likeness (QED) is 0.591. The zero-order valence-corrected chi connectivity index (χ0v) is 15.0. The molecule has 0 radical (unpaired) electrons. The number of carbonyl (C=O) groups excluding carboxylic acids is 1. The van der Waals surface area contributed by atoms with Crippen molar-refractivity contribution in [1.82, 2.24) is 0 Å². The second-order valence-corrected chi connectivity index (χ2v) is 6.76. The molecule has 2 aromatic rings. The predicted octanol–water partition coefficient (Wildman–Crippen LogP) is 3.64. The van der Waals surface area contributed by atoms with Crippen molar-refractivity contribution in [1.29, 1.82) is 0 Å². The minimum Gasteiger partial charge on any atom is -0.479 e. The fourth-order valence-corrected chi connectivity index (χ4v) is 3.05. The first-order chi connectivity index (χ1) is 12.0. The molecule has 3 rings (SSSR count). The lowest BCUT2D eigenvalue weighted by Gasteiger charge is -2.16. The highest BCUT2D eigenvalue weighted by molar-refractivity contribution is 5.83. The van der Waals surface area contributed by atoms with Gasteiger partial charge in [-0.1, -0.05) is 20.3 Å². The summed E-state index contributed by atoms with van der Waals surface area (Å²) in [7, 11) is 0. The van der Waals surface area contributed by atoms with Crippen LogP contribution in [-0.2, 0) is 22.4 Å². The summed E-state index contributed by atoms with van der Waals surface area (Å²) in [5, 5.41) is 0.950. The molecule has 1 aromatic carbocycles. The first-order valence-corrected chi connectivity index (χ1v) is 8.91. The molecule has 0 amide bonds. The Labute approximate surface area is 146 Å². The Morgan fingerprint density at radius 2 is 2.00 bits per heavy atom. The lowest BCUT2D eigenvalue weighted by Crippen LogP contribution is -2.27. The number of carbonyl (C=O) groups is 1. The number of hydrogen-bond acceptors (Lipinski definition) is 5. The number of fused-ring (bicyclic) bond motifs is 3. The third-order valence-corrected chi connectivity index (χ3v) is 4.80. The van der Waals surface area contributed by atoms with E-state index >= 15 is 0 Å². The van der Waals surface area contributed by atoms with Crippen molar-refractivity contribution in [3.8, 4) is 5.75 Å². The van der Waals surface area contributed by atoms with Gasteiger partial charge in [-0.05, 0) is 49.8 Å². The average Bonchev–Trinajstić information content (AvgIpc) is 3.09. The van der Waals surface area contributed by atoms with Crippen molar-refractivity contribution in [2.75, 3.05) is 6.61 Å². The van der Waals surface area contributed by atoms with Gasteiger partial charge in [-0.2, -0.15) is 0 Å². The maximum absolute atomic E-state index is 12.1. The molecular formula is C20H24O5. The van der Waals surface area contributed by atoms with Crippen LogP contribution in [0.25, 0.3) is 11.0 Å². The van der Waals surface area contributed by atoms with E-state index in [1.807, 2.05) is 13.0 Å². The van der Waals surface area contributed by atoms with Crippen LogP contribution >= 0.6 is 0 Å². The smallest absolute Gasteiger partial charge is 0.347 e. The van der Waals surface area contributed by atoms with Crippen molar-refractivity contribution in [3.05, 3.63) is 39.7 Å². The van der Waals surface area contributed by atoms with Gasteiger partial charge in [-0.3, -0.25) is 0 Å². The molecule has 1 aliphatic carbocycles. The summed E-state index contributed by atoms with van der Waals surface area (Å²) in [6, 6.07) is 5.38. The molecule has 0 N–H and O–H groups in total. The van der Waals surface area contributed by atoms with E-state index in [1.54, 1.807) is 19.1 Å². The van der Waals surface area contributed by atoms with Gasteiger partial charge in [0.05, 0.1) is 6.61 Å². The molecule has 5 nitrogen and oxygen atoms in total. The summed E-state index contributed by atoms with van der Waals surface area (Å²) in [6.45, 7) is 6.13. The SMILES string of the molecule is CCC(C)COC(=O)C(C)Oc1ccc2c3c(c(=O)oc2c1)CCC3. The van der Waals surface area contributed by atoms with E-state index in [0.717, 1.165) is 42.2 Å². The second-order valence-electron chi connectivity index (χ2n) is 6.76. The van der Waals surface area contributed by atoms with Crippen LogP contribution < -0.4 is 10.4 Å². The molecule has 0 saturated carbocycles. The first kappa shape index (κ1) is 17.5. The maximum atomic E-state index is 12.1. The highest BCUT2D eigenvalue weighted by atomic mass is 16.6. The Balaban J connectivity index is 1.75. The van der Waals surface area contributed by atoms with Gasteiger partial charge in [-0.25, -0.2) is 9.59 Å². The molecular weight excluding hydrogens is 320 g/mol. The van der Waals surface area contributed by atoms with Gasteiger partial charge >= 0.3 is 11.6 Å². The van der Waals surface area contributed by atoms with Crippen LogP contribution in [0.3, 0.4) is 0 Å². The summed E-state index contributed by atoms with van der Waals surface area (Å²) in [5.41, 5.74) is 2.11. The summed E-state index contributed by atoms with van der Waals surface area (Å²) < 4.78 is 16.4. The largest absolute Gasteiger partial charge is 0.479 e. The van der Waals surface area contributed by atoms with Crippen molar-refractivity contribution < 1.29 is 18.7 Å². The molecule has 0 saturated heterocycles. The highest BCUT2D eigenvalue weighted by Gasteiger charge is 2.21. The van der Waals surface area contributed by atoms with Crippen molar-refractivity contribution in [2.24, 2.45) is 5.92 Å². The van der Waals surface area contributed by atoms with Crippen LogP contribution in [0.1, 0.15) is 44.7 Å². The second kappa shape index (κ2) is 7.30. The van der Waals surface area contributed by atoms with E-state index in [4.69, 9.17) is 13.9 Å². The number of benzene rings is 1. The van der Waals surface area contributed by atoms with Crippen molar-refractivity contribution >= 4 is 16.9 Å². The highest BCUT2D eigenvalue weighted by Crippen LogP contribution is 2.29. The lowest BCUT2D eigenvalue weighted by atomic mass is 10.1. The summed E-state index contributed by atoms with van der Waals surface area (Å²) in [4.78, 5) is 24.1. The number of hydrogen-bond donors (Lipinski definition) is 0. The monoisotopic (exact) mass is 344 g/mol. The molecule has 2 unspecified atom stereocenters. The van der Waals surface area contributed by atoms with Gasteiger partial charge in [0.15, 0.2) is 6.10 Å². The van der Waals surface area contributed by atoms with Crippen LogP contribution in [0.5, 0.6) is 5.75 Å². The zero-order chi connectivity index (χ0) is 18.0. The normalized spacial score (nSPS) is 15.6. The van der Waals surface area contributed by atoms with E-state index in [2.05, 4.69) is 6.92 Å². The van der Waals surface area contributed by atoms with Crippen molar-refractivity contribution in [2.45, 2.75) is 52.6 Å².